The minimum Gasteiger partial charge on any atom is -0.494 e. The number of hydrogen-bond donors (Lipinski definition) is 1. The van der Waals surface area contributed by atoms with E-state index in [-0.39, 0.29) is 11.8 Å². The van der Waals surface area contributed by atoms with E-state index in [1.165, 1.54) is 4.31 Å². The molecule has 0 atom stereocenters. The number of benzene rings is 2. The molecule has 1 amide bonds. The van der Waals surface area contributed by atoms with Gasteiger partial charge in [0, 0.05) is 25.6 Å². The van der Waals surface area contributed by atoms with Gasteiger partial charge in [-0.15, -0.1) is 0 Å². The lowest BCUT2D eigenvalue weighted by molar-refractivity contribution is -0.126. The van der Waals surface area contributed by atoms with Crippen LogP contribution in [0, 0.1) is 12.8 Å². The number of nitrogens with one attached hydrogen (secondary N) is 1. The molecule has 0 bridgehead atoms. The molecule has 6 nitrogen and oxygen atoms in total. The van der Waals surface area contributed by atoms with Gasteiger partial charge in [-0.3, -0.25) is 4.79 Å². The van der Waals surface area contributed by atoms with Gasteiger partial charge in [0.2, 0.25) is 15.9 Å². The number of para-hydroxylation sites is 1. The van der Waals surface area contributed by atoms with Crippen molar-refractivity contribution in [3.63, 3.8) is 0 Å². The van der Waals surface area contributed by atoms with E-state index in [1.807, 2.05) is 37.3 Å². The van der Waals surface area contributed by atoms with Crippen LogP contribution in [0.3, 0.4) is 0 Å². The number of piperidine rings is 1. The largest absolute Gasteiger partial charge is 0.494 e. The number of ether oxygens (including phenoxy) is 1. The standard InChI is InChI=1S/C22H28N2O4S/c1-18-8-10-21(11-9-18)29(26,27)24-15-12-19(13-16-24)22(25)23-14-5-17-28-20-6-3-2-4-7-20/h2-4,6-11,19H,5,12-17H2,1H3,(H,23,25). The zero-order valence-electron chi connectivity index (χ0n) is 16.7. The van der Waals surface area contributed by atoms with Crippen LogP contribution in [0.15, 0.2) is 59.5 Å². The molecule has 3 rings (SSSR count). The van der Waals surface area contributed by atoms with Gasteiger partial charge in [0.25, 0.3) is 0 Å². The van der Waals surface area contributed by atoms with Crippen molar-refractivity contribution < 1.29 is 17.9 Å². The molecular weight excluding hydrogens is 388 g/mol. The number of hydrogen-bond acceptors (Lipinski definition) is 4. The molecule has 0 aromatic heterocycles. The quantitative estimate of drug-likeness (QED) is 0.672. The lowest BCUT2D eigenvalue weighted by Crippen LogP contribution is -2.43. The Morgan fingerprint density at radius 1 is 1.07 bits per heavy atom. The van der Waals surface area contributed by atoms with Crippen molar-refractivity contribution in [3.05, 3.63) is 60.2 Å². The highest BCUT2D eigenvalue weighted by Crippen LogP contribution is 2.24. The Morgan fingerprint density at radius 3 is 2.38 bits per heavy atom. The summed E-state index contributed by atoms with van der Waals surface area (Å²) in [5, 5.41) is 2.94. The van der Waals surface area contributed by atoms with Crippen molar-refractivity contribution in [3.8, 4) is 5.75 Å². The second-order valence-electron chi connectivity index (χ2n) is 7.30. The van der Waals surface area contributed by atoms with Crippen LogP contribution < -0.4 is 10.1 Å². The lowest BCUT2D eigenvalue weighted by Gasteiger charge is -2.30. The Morgan fingerprint density at radius 2 is 1.72 bits per heavy atom. The van der Waals surface area contributed by atoms with Gasteiger partial charge in [0.15, 0.2) is 0 Å². The van der Waals surface area contributed by atoms with Crippen molar-refractivity contribution >= 4 is 15.9 Å². The van der Waals surface area contributed by atoms with Crippen LogP contribution >= 0.6 is 0 Å². The molecule has 1 N–H and O–H groups in total. The van der Waals surface area contributed by atoms with Crippen molar-refractivity contribution in [2.24, 2.45) is 5.92 Å². The molecule has 0 unspecified atom stereocenters. The third-order valence-corrected chi connectivity index (χ3v) is 7.03. The van der Waals surface area contributed by atoms with E-state index >= 15 is 0 Å². The summed E-state index contributed by atoms with van der Waals surface area (Å²) >= 11 is 0. The number of carbonyl (C=O) groups is 1. The van der Waals surface area contributed by atoms with E-state index in [9.17, 15) is 13.2 Å². The SMILES string of the molecule is Cc1ccc(S(=O)(=O)N2CCC(C(=O)NCCCOc3ccccc3)CC2)cc1. The van der Waals surface area contributed by atoms with E-state index in [4.69, 9.17) is 4.74 Å². The van der Waals surface area contributed by atoms with E-state index < -0.39 is 10.0 Å². The summed E-state index contributed by atoms with van der Waals surface area (Å²) in [4.78, 5) is 12.7. The van der Waals surface area contributed by atoms with Gasteiger partial charge in [-0.2, -0.15) is 4.31 Å². The Labute approximate surface area is 172 Å². The van der Waals surface area contributed by atoms with Crippen LogP contribution in [0.5, 0.6) is 5.75 Å². The van der Waals surface area contributed by atoms with Gasteiger partial charge in [-0.1, -0.05) is 35.9 Å². The maximum absolute atomic E-state index is 12.7. The van der Waals surface area contributed by atoms with Crippen molar-refractivity contribution in [2.75, 3.05) is 26.2 Å². The van der Waals surface area contributed by atoms with Gasteiger partial charge in [0.05, 0.1) is 11.5 Å². The van der Waals surface area contributed by atoms with E-state index in [2.05, 4.69) is 5.32 Å². The summed E-state index contributed by atoms with van der Waals surface area (Å²) in [5.41, 5.74) is 1.02. The Bertz CT molecular complexity index is 890. The summed E-state index contributed by atoms with van der Waals surface area (Å²) in [7, 11) is -3.49. The third kappa shape index (κ3) is 5.81. The molecular formula is C22H28N2O4S. The predicted octanol–water partition coefficient (Wildman–Crippen LogP) is 2.98. The summed E-state index contributed by atoms with van der Waals surface area (Å²) in [5.74, 6) is 0.674. The number of rotatable bonds is 8. The molecule has 2 aromatic rings. The van der Waals surface area contributed by atoms with Gasteiger partial charge < -0.3 is 10.1 Å². The van der Waals surface area contributed by atoms with Crippen molar-refractivity contribution in [2.45, 2.75) is 31.1 Å². The van der Waals surface area contributed by atoms with Crippen LogP contribution in [-0.2, 0) is 14.8 Å². The maximum Gasteiger partial charge on any atom is 0.243 e. The van der Waals surface area contributed by atoms with Gasteiger partial charge in [-0.25, -0.2) is 8.42 Å². The second kappa shape index (κ2) is 9.89. The van der Waals surface area contributed by atoms with E-state index in [0.29, 0.717) is 44.0 Å². The van der Waals surface area contributed by atoms with Gasteiger partial charge in [-0.05, 0) is 50.5 Å². The van der Waals surface area contributed by atoms with Crippen LogP contribution in [0.1, 0.15) is 24.8 Å². The average molecular weight is 417 g/mol. The highest BCUT2D eigenvalue weighted by molar-refractivity contribution is 7.89. The predicted molar refractivity (Wildman–Crippen MR) is 112 cm³/mol. The fraction of sp³-hybridized carbons (Fsp3) is 0.409. The first-order valence-corrected chi connectivity index (χ1v) is 11.4. The summed E-state index contributed by atoms with van der Waals surface area (Å²) in [6.45, 7) is 3.75. The van der Waals surface area contributed by atoms with Crippen molar-refractivity contribution in [1.82, 2.24) is 9.62 Å². The Kier molecular flexibility index (Phi) is 7.28. The highest BCUT2D eigenvalue weighted by Gasteiger charge is 2.31. The molecule has 1 saturated heterocycles. The summed E-state index contributed by atoms with van der Waals surface area (Å²) < 4.78 is 32.6. The molecule has 29 heavy (non-hydrogen) atoms. The monoisotopic (exact) mass is 416 g/mol. The average Bonchev–Trinajstić information content (AvgIpc) is 2.74. The minimum atomic E-state index is -3.49. The van der Waals surface area contributed by atoms with Crippen LogP contribution in [0.2, 0.25) is 0 Å². The van der Waals surface area contributed by atoms with Gasteiger partial charge in [0.1, 0.15) is 5.75 Å². The second-order valence-corrected chi connectivity index (χ2v) is 9.24. The van der Waals surface area contributed by atoms with E-state index in [1.54, 1.807) is 24.3 Å². The fourth-order valence-electron chi connectivity index (χ4n) is 3.35. The van der Waals surface area contributed by atoms with Crippen LogP contribution in [-0.4, -0.2) is 44.9 Å². The molecule has 7 heteroatoms. The molecule has 0 radical (unpaired) electrons. The number of aryl methyl sites for hydroxylation is 1. The minimum absolute atomic E-state index is 0.00269. The Balaban J connectivity index is 1.39. The first kappa shape index (κ1) is 21.3. The molecule has 0 saturated carbocycles. The number of carbonyl (C=O) groups excluding carboxylic acids is 1. The summed E-state index contributed by atoms with van der Waals surface area (Å²) in [6, 6.07) is 16.5. The molecule has 1 heterocycles. The first-order chi connectivity index (χ1) is 14.0. The van der Waals surface area contributed by atoms with Crippen LogP contribution in [0.25, 0.3) is 0 Å². The first-order valence-electron chi connectivity index (χ1n) is 9.99. The van der Waals surface area contributed by atoms with Crippen molar-refractivity contribution in [1.29, 1.82) is 0 Å². The van der Waals surface area contributed by atoms with Gasteiger partial charge >= 0.3 is 0 Å². The van der Waals surface area contributed by atoms with Crippen LogP contribution in [0.4, 0.5) is 0 Å². The molecule has 1 fully saturated rings. The maximum atomic E-state index is 12.7. The number of sulfonamides is 1. The normalized spacial score (nSPS) is 15.8. The molecule has 1 aliphatic heterocycles. The molecule has 2 aromatic carbocycles. The smallest absolute Gasteiger partial charge is 0.243 e. The summed E-state index contributed by atoms with van der Waals surface area (Å²) in [6.07, 6.45) is 1.80. The number of amides is 1. The third-order valence-electron chi connectivity index (χ3n) is 5.12. The molecule has 0 aliphatic carbocycles. The zero-order chi connectivity index (χ0) is 20.7. The number of nitrogens with zero attached hydrogens (tertiary/aromatic N) is 1. The highest BCUT2D eigenvalue weighted by atomic mass is 32.2. The fourth-order valence-corrected chi connectivity index (χ4v) is 4.82. The zero-order valence-corrected chi connectivity index (χ0v) is 17.5. The Hall–Kier alpha value is -2.38. The molecule has 0 spiro atoms. The molecule has 1 aliphatic rings. The topological polar surface area (TPSA) is 75.7 Å². The lowest BCUT2D eigenvalue weighted by atomic mass is 9.97. The van der Waals surface area contributed by atoms with E-state index in [0.717, 1.165) is 17.7 Å². The molecule has 156 valence electrons.